The third kappa shape index (κ3) is 3.46. The van der Waals surface area contributed by atoms with Crippen molar-refractivity contribution in [2.75, 3.05) is 7.11 Å². The van der Waals surface area contributed by atoms with E-state index >= 15 is 0 Å². The minimum Gasteiger partial charge on any atom is -0.466 e. The lowest BCUT2D eigenvalue weighted by Crippen LogP contribution is -2.12. The van der Waals surface area contributed by atoms with Gasteiger partial charge in [0.05, 0.1) is 7.11 Å². The van der Waals surface area contributed by atoms with E-state index in [1.54, 1.807) is 6.08 Å². The Morgan fingerprint density at radius 2 is 1.83 bits per heavy atom. The maximum Gasteiger partial charge on any atom is 0.330 e. The van der Waals surface area contributed by atoms with Gasteiger partial charge in [-0.1, -0.05) is 36.4 Å². The van der Waals surface area contributed by atoms with Gasteiger partial charge in [-0.25, -0.2) is 4.79 Å². The van der Waals surface area contributed by atoms with E-state index in [0.29, 0.717) is 11.8 Å². The molecule has 96 valence electrons. The number of ether oxygens (including phenoxy) is 1. The minimum absolute atomic E-state index is 0.250. The van der Waals surface area contributed by atoms with E-state index in [-0.39, 0.29) is 5.97 Å². The van der Waals surface area contributed by atoms with Gasteiger partial charge in [0, 0.05) is 6.08 Å². The fourth-order valence-corrected chi connectivity index (χ4v) is 2.65. The van der Waals surface area contributed by atoms with Crippen LogP contribution in [0.2, 0.25) is 0 Å². The van der Waals surface area contributed by atoms with Gasteiger partial charge in [-0.15, -0.1) is 0 Å². The molecule has 1 aliphatic rings. The molecule has 1 fully saturated rings. The number of carbonyl (C=O) groups is 1. The molecule has 0 spiro atoms. The molecular formula is C16H20O2. The van der Waals surface area contributed by atoms with Gasteiger partial charge < -0.3 is 4.74 Å². The first-order valence-corrected chi connectivity index (χ1v) is 6.60. The maximum atomic E-state index is 11.0. The molecule has 1 aliphatic carbocycles. The van der Waals surface area contributed by atoms with Gasteiger partial charge in [0.2, 0.25) is 0 Å². The van der Waals surface area contributed by atoms with Crippen LogP contribution >= 0.6 is 0 Å². The summed E-state index contributed by atoms with van der Waals surface area (Å²) in [5.41, 5.74) is 1.45. The Bertz CT molecular complexity index is 400. The number of benzene rings is 1. The molecule has 0 saturated heterocycles. The molecule has 0 radical (unpaired) electrons. The van der Waals surface area contributed by atoms with Gasteiger partial charge in [-0.3, -0.25) is 0 Å². The molecular weight excluding hydrogens is 224 g/mol. The Balaban J connectivity index is 1.85. The van der Waals surface area contributed by atoms with Crippen LogP contribution in [0.4, 0.5) is 0 Å². The van der Waals surface area contributed by atoms with Crippen molar-refractivity contribution in [1.29, 1.82) is 0 Å². The molecule has 0 aromatic heterocycles. The minimum atomic E-state index is -0.250. The van der Waals surface area contributed by atoms with Gasteiger partial charge in [-0.05, 0) is 43.1 Å². The lowest BCUT2D eigenvalue weighted by atomic mass is 9.78. The number of hydrogen-bond donors (Lipinski definition) is 0. The van der Waals surface area contributed by atoms with Crippen molar-refractivity contribution in [1.82, 2.24) is 0 Å². The number of esters is 1. The molecule has 2 heteroatoms. The van der Waals surface area contributed by atoms with Crippen molar-refractivity contribution in [2.45, 2.75) is 31.6 Å². The zero-order chi connectivity index (χ0) is 12.8. The predicted octanol–water partition coefficient (Wildman–Crippen LogP) is 3.69. The third-order valence-electron chi connectivity index (χ3n) is 3.75. The Kier molecular flexibility index (Phi) is 4.57. The highest BCUT2D eigenvalue weighted by atomic mass is 16.5. The molecule has 18 heavy (non-hydrogen) atoms. The van der Waals surface area contributed by atoms with E-state index in [1.807, 2.05) is 6.08 Å². The summed E-state index contributed by atoms with van der Waals surface area (Å²) in [5, 5.41) is 0. The van der Waals surface area contributed by atoms with Crippen LogP contribution < -0.4 is 0 Å². The van der Waals surface area contributed by atoms with Crippen molar-refractivity contribution < 1.29 is 9.53 Å². The number of methoxy groups -OCH3 is 1. The lowest BCUT2D eigenvalue weighted by molar-refractivity contribution is -0.134. The van der Waals surface area contributed by atoms with E-state index in [4.69, 9.17) is 0 Å². The third-order valence-corrected chi connectivity index (χ3v) is 3.75. The summed E-state index contributed by atoms with van der Waals surface area (Å²) in [4.78, 5) is 11.0. The lowest BCUT2D eigenvalue weighted by Gasteiger charge is -2.26. The zero-order valence-electron chi connectivity index (χ0n) is 10.8. The molecule has 0 atom stereocenters. The maximum absolute atomic E-state index is 11.0. The summed E-state index contributed by atoms with van der Waals surface area (Å²) in [7, 11) is 1.42. The highest BCUT2D eigenvalue weighted by Crippen LogP contribution is 2.36. The summed E-state index contributed by atoms with van der Waals surface area (Å²) in [6.07, 6.45) is 8.31. The first-order chi connectivity index (χ1) is 8.79. The van der Waals surface area contributed by atoms with E-state index < -0.39 is 0 Å². The first kappa shape index (κ1) is 12.9. The molecule has 0 heterocycles. The van der Waals surface area contributed by atoms with Crippen LogP contribution in [0.5, 0.6) is 0 Å². The topological polar surface area (TPSA) is 26.3 Å². The highest BCUT2D eigenvalue weighted by Gasteiger charge is 2.20. The molecule has 1 aromatic rings. The SMILES string of the molecule is COC(=O)/C=C/[C@H]1CC[C@H](c2ccccc2)CC1. The first-order valence-electron chi connectivity index (χ1n) is 6.60. The van der Waals surface area contributed by atoms with E-state index in [2.05, 4.69) is 35.1 Å². The summed E-state index contributed by atoms with van der Waals surface area (Å²) in [6.45, 7) is 0. The molecule has 0 unspecified atom stereocenters. The van der Waals surface area contributed by atoms with Crippen LogP contribution in [0.3, 0.4) is 0 Å². The molecule has 2 nitrogen and oxygen atoms in total. The number of rotatable bonds is 3. The molecule has 0 bridgehead atoms. The second kappa shape index (κ2) is 6.39. The summed E-state index contributed by atoms with van der Waals surface area (Å²) >= 11 is 0. The fourth-order valence-electron chi connectivity index (χ4n) is 2.65. The summed E-state index contributed by atoms with van der Waals surface area (Å²) in [6, 6.07) is 10.7. The second-order valence-corrected chi connectivity index (χ2v) is 4.90. The number of carbonyl (C=O) groups excluding carboxylic acids is 1. The zero-order valence-corrected chi connectivity index (χ0v) is 10.8. The molecule has 0 N–H and O–H groups in total. The van der Waals surface area contributed by atoms with Gasteiger partial charge in [-0.2, -0.15) is 0 Å². The van der Waals surface area contributed by atoms with E-state index in [9.17, 15) is 4.79 Å². The quantitative estimate of drug-likeness (QED) is 0.598. The van der Waals surface area contributed by atoms with Crippen molar-refractivity contribution in [2.24, 2.45) is 5.92 Å². The van der Waals surface area contributed by atoms with Crippen LogP contribution in [0.15, 0.2) is 42.5 Å². The Labute approximate surface area is 109 Å². The Morgan fingerprint density at radius 3 is 2.44 bits per heavy atom. The molecule has 1 saturated carbocycles. The molecule has 2 rings (SSSR count). The number of hydrogen-bond acceptors (Lipinski definition) is 2. The largest absolute Gasteiger partial charge is 0.466 e. The molecule has 1 aromatic carbocycles. The molecule has 0 aliphatic heterocycles. The van der Waals surface area contributed by atoms with Crippen LogP contribution in [-0.4, -0.2) is 13.1 Å². The van der Waals surface area contributed by atoms with Crippen LogP contribution in [0, 0.1) is 5.92 Å². The van der Waals surface area contributed by atoms with Crippen LogP contribution in [-0.2, 0) is 9.53 Å². The second-order valence-electron chi connectivity index (χ2n) is 4.90. The average molecular weight is 244 g/mol. The van der Waals surface area contributed by atoms with Crippen molar-refractivity contribution in [3.05, 3.63) is 48.0 Å². The van der Waals surface area contributed by atoms with Crippen LogP contribution in [0.25, 0.3) is 0 Å². The summed E-state index contributed by atoms with van der Waals surface area (Å²) < 4.78 is 4.61. The standard InChI is InChI=1S/C16H20O2/c1-18-16(17)12-9-13-7-10-15(11-8-13)14-5-3-2-4-6-14/h2-6,9,12-13,15H,7-8,10-11H2,1H3/b12-9+/t13-,15-. The van der Waals surface area contributed by atoms with Crippen molar-refractivity contribution >= 4 is 5.97 Å². The fraction of sp³-hybridized carbons (Fsp3) is 0.438. The smallest absolute Gasteiger partial charge is 0.330 e. The van der Waals surface area contributed by atoms with Crippen molar-refractivity contribution in [3.8, 4) is 0 Å². The highest BCUT2D eigenvalue weighted by molar-refractivity contribution is 5.81. The monoisotopic (exact) mass is 244 g/mol. The summed E-state index contributed by atoms with van der Waals surface area (Å²) in [5.74, 6) is 0.971. The van der Waals surface area contributed by atoms with E-state index in [1.165, 1.54) is 25.5 Å². The van der Waals surface area contributed by atoms with Crippen LogP contribution in [0.1, 0.15) is 37.2 Å². The Morgan fingerprint density at radius 1 is 1.17 bits per heavy atom. The van der Waals surface area contributed by atoms with E-state index in [0.717, 1.165) is 12.8 Å². The van der Waals surface area contributed by atoms with Gasteiger partial charge in [0.25, 0.3) is 0 Å². The van der Waals surface area contributed by atoms with Gasteiger partial charge in [0.15, 0.2) is 0 Å². The average Bonchev–Trinajstić information content (AvgIpc) is 2.46. The normalized spacial score (nSPS) is 24.1. The van der Waals surface area contributed by atoms with Gasteiger partial charge in [0.1, 0.15) is 0 Å². The van der Waals surface area contributed by atoms with Crippen molar-refractivity contribution in [3.63, 3.8) is 0 Å². The predicted molar refractivity (Wildman–Crippen MR) is 72.3 cm³/mol. The molecule has 0 amide bonds. The Hall–Kier alpha value is -1.57. The number of allylic oxidation sites excluding steroid dienone is 1. The van der Waals surface area contributed by atoms with Gasteiger partial charge >= 0.3 is 5.97 Å².